The van der Waals surface area contributed by atoms with Gasteiger partial charge in [-0.1, -0.05) is 30.3 Å². The van der Waals surface area contributed by atoms with Gasteiger partial charge >= 0.3 is 6.09 Å². The predicted octanol–water partition coefficient (Wildman–Crippen LogP) is 2.79. The second-order valence-electron chi connectivity index (χ2n) is 6.73. The maximum Gasteiger partial charge on any atom is 0.407 e. The van der Waals surface area contributed by atoms with Crippen LogP contribution < -0.4 is 10.6 Å². The van der Waals surface area contributed by atoms with Crippen LogP contribution in [0.1, 0.15) is 46.3 Å². The van der Waals surface area contributed by atoms with Gasteiger partial charge in [0.15, 0.2) is 0 Å². The van der Waals surface area contributed by atoms with E-state index in [0.717, 1.165) is 5.56 Å². The number of ether oxygens (including phenoxy) is 2. The van der Waals surface area contributed by atoms with E-state index in [0.29, 0.717) is 13.0 Å². The Balaban J connectivity index is 2.63. The molecular weight excluding hydrogens is 308 g/mol. The lowest BCUT2D eigenvalue weighted by Gasteiger charge is -2.28. The molecule has 1 rings (SSSR count). The summed E-state index contributed by atoms with van der Waals surface area (Å²) in [4.78, 5) is 22.5. The number of alkyl carbamates (subject to hydrolysis) is 1. The third-order valence-electron chi connectivity index (χ3n) is 3.22. The highest BCUT2D eigenvalue weighted by Crippen LogP contribution is 2.22. The lowest BCUT2D eigenvalue weighted by atomic mass is 10.0. The maximum atomic E-state index is 11.7. The van der Waals surface area contributed by atoms with E-state index in [1.165, 1.54) is 0 Å². The lowest BCUT2D eigenvalue weighted by molar-refractivity contribution is -0.111. The highest BCUT2D eigenvalue weighted by Gasteiger charge is 2.23. The molecule has 1 aromatic carbocycles. The minimum Gasteiger partial charge on any atom is -0.444 e. The molecular formula is C18H28N2O4. The largest absolute Gasteiger partial charge is 0.444 e. The number of hydrogen-bond acceptors (Lipinski definition) is 4. The molecule has 0 aromatic heterocycles. The predicted molar refractivity (Wildman–Crippen MR) is 92.6 cm³/mol. The third-order valence-corrected chi connectivity index (χ3v) is 3.22. The molecule has 0 aliphatic rings. The van der Waals surface area contributed by atoms with Gasteiger partial charge in [-0.25, -0.2) is 4.79 Å². The van der Waals surface area contributed by atoms with Gasteiger partial charge in [0, 0.05) is 6.54 Å². The fourth-order valence-electron chi connectivity index (χ4n) is 2.16. The summed E-state index contributed by atoms with van der Waals surface area (Å²) >= 11 is 0. The van der Waals surface area contributed by atoms with Crippen molar-refractivity contribution >= 4 is 12.5 Å². The van der Waals surface area contributed by atoms with Crippen molar-refractivity contribution in [3.05, 3.63) is 35.9 Å². The summed E-state index contributed by atoms with van der Waals surface area (Å²) in [6, 6.07) is 9.45. The van der Waals surface area contributed by atoms with Crippen LogP contribution in [0.4, 0.5) is 4.79 Å². The molecule has 1 aromatic rings. The molecule has 6 nitrogen and oxygen atoms in total. The molecule has 2 N–H and O–H groups in total. The summed E-state index contributed by atoms with van der Waals surface area (Å²) < 4.78 is 11.2. The number of rotatable bonds is 8. The van der Waals surface area contributed by atoms with Crippen LogP contribution in [-0.2, 0) is 14.3 Å². The van der Waals surface area contributed by atoms with Crippen molar-refractivity contribution in [2.24, 2.45) is 0 Å². The number of nitrogens with one attached hydrogen (secondary N) is 2. The van der Waals surface area contributed by atoms with Gasteiger partial charge in [-0.2, -0.15) is 0 Å². The summed E-state index contributed by atoms with van der Waals surface area (Å²) in [7, 11) is 0. The zero-order valence-electron chi connectivity index (χ0n) is 15.0. The first-order valence-corrected chi connectivity index (χ1v) is 8.10. The Morgan fingerprint density at radius 2 is 1.83 bits per heavy atom. The summed E-state index contributed by atoms with van der Waals surface area (Å²) in [5, 5.41) is 5.42. The van der Waals surface area contributed by atoms with Gasteiger partial charge in [0.05, 0.1) is 12.1 Å². The molecule has 3 atom stereocenters. The van der Waals surface area contributed by atoms with Gasteiger partial charge in [-0.3, -0.25) is 4.79 Å². The zero-order valence-corrected chi connectivity index (χ0v) is 15.0. The van der Waals surface area contributed by atoms with Crippen LogP contribution in [0.15, 0.2) is 30.3 Å². The summed E-state index contributed by atoms with van der Waals surface area (Å²) in [6.07, 6.45) is -0.383. The van der Waals surface area contributed by atoms with Crippen molar-refractivity contribution in [3.8, 4) is 0 Å². The Morgan fingerprint density at radius 3 is 2.38 bits per heavy atom. The molecule has 0 heterocycles. The second kappa shape index (κ2) is 9.27. The Bertz CT molecular complexity index is 514. The molecule has 0 unspecified atom stereocenters. The Morgan fingerprint density at radius 1 is 1.21 bits per heavy atom. The number of hydrogen-bond donors (Lipinski definition) is 2. The third kappa shape index (κ3) is 7.46. The Labute approximate surface area is 143 Å². The molecule has 24 heavy (non-hydrogen) atoms. The van der Waals surface area contributed by atoms with Gasteiger partial charge in [0.25, 0.3) is 0 Å². The topological polar surface area (TPSA) is 76.7 Å². The first-order valence-electron chi connectivity index (χ1n) is 8.10. The van der Waals surface area contributed by atoms with Crippen molar-refractivity contribution in [3.63, 3.8) is 0 Å². The second-order valence-corrected chi connectivity index (χ2v) is 6.73. The van der Waals surface area contributed by atoms with Gasteiger partial charge in [0.1, 0.15) is 11.7 Å². The molecule has 0 spiro atoms. The maximum absolute atomic E-state index is 11.7. The van der Waals surface area contributed by atoms with E-state index in [1.54, 1.807) is 0 Å². The number of carbonyl (C=O) groups excluding carboxylic acids is 2. The van der Waals surface area contributed by atoms with Crippen LogP contribution in [0.25, 0.3) is 0 Å². The number of carbonyl (C=O) groups is 2. The van der Waals surface area contributed by atoms with Crippen molar-refractivity contribution in [2.45, 2.75) is 58.5 Å². The monoisotopic (exact) mass is 336 g/mol. The van der Waals surface area contributed by atoms with E-state index < -0.39 is 11.7 Å². The van der Waals surface area contributed by atoms with Crippen LogP contribution in [0.3, 0.4) is 0 Å². The molecule has 0 saturated heterocycles. The Hall–Kier alpha value is -2.08. The van der Waals surface area contributed by atoms with Crippen molar-refractivity contribution < 1.29 is 19.1 Å². The quantitative estimate of drug-likeness (QED) is 0.716. The van der Waals surface area contributed by atoms with Crippen molar-refractivity contribution in [2.75, 3.05) is 6.54 Å². The standard InChI is InChI=1S/C18H28N2O4/c1-13(11-19-17(22)24-18(3,4)5)23-16(14(2)20-12-21)15-9-7-6-8-10-15/h6-10,12-14,16H,11H2,1-5H3,(H,19,22)(H,20,21)/t13-,14+,16+/m1/s1. The van der Waals surface area contributed by atoms with E-state index in [1.807, 2.05) is 65.0 Å². The van der Waals surface area contributed by atoms with Crippen LogP contribution in [0, 0.1) is 0 Å². The highest BCUT2D eigenvalue weighted by molar-refractivity contribution is 5.67. The molecule has 0 fully saturated rings. The number of benzene rings is 1. The molecule has 2 amide bonds. The SMILES string of the molecule is C[C@H](CNC(=O)OC(C)(C)C)O[C@H](c1ccccc1)[C@H](C)NC=O. The van der Waals surface area contributed by atoms with Gasteiger partial charge in [0.2, 0.25) is 6.41 Å². The molecule has 0 aliphatic carbocycles. The fraction of sp³-hybridized carbons (Fsp3) is 0.556. The first-order chi connectivity index (χ1) is 11.2. The molecule has 6 heteroatoms. The fourth-order valence-corrected chi connectivity index (χ4v) is 2.16. The number of amides is 2. The molecule has 0 saturated carbocycles. The van der Waals surface area contributed by atoms with E-state index >= 15 is 0 Å². The average Bonchev–Trinajstić information content (AvgIpc) is 2.50. The van der Waals surface area contributed by atoms with Crippen LogP contribution in [0.2, 0.25) is 0 Å². The normalized spacial score (nSPS) is 15.0. The van der Waals surface area contributed by atoms with Crippen LogP contribution in [0.5, 0.6) is 0 Å². The van der Waals surface area contributed by atoms with E-state index in [4.69, 9.17) is 9.47 Å². The lowest BCUT2D eigenvalue weighted by Crippen LogP contribution is -2.39. The van der Waals surface area contributed by atoms with Crippen molar-refractivity contribution in [1.29, 1.82) is 0 Å². The first kappa shape index (κ1) is 20.0. The molecule has 0 bridgehead atoms. The molecule has 134 valence electrons. The van der Waals surface area contributed by atoms with Gasteiger partial charge in [-0.05, 0) is 40.2 Å². The van der Waals surface area contributed by atoms with Gasteiger partial charge in [-0.15, -0.1) is 0 Å². The summed E-state index contributed by atoms with van der Waals surface area (Å²) in [6.45, 7) is 9.48. The minimum atomic E-state index is -0.539. The van der Waals surface area contributed by atoms with E-state index in [2.05, 4.69) is 10.6 Å². The summed E-state index contributed by atoms with van der Waals surface area (Å²) in [5.74, 6) is 0. The Kier molecular flexibility index (Phi) is 7.71. The zero-order chi connectivity index (χ0) is 18.2. The highest BCUT2D eigenvalue weighted by atomic mass is 16.6. The van der Waals surface area contributed by atoms with Crippen LogP contribution in [-0.4, -0.2) is 36.8 Å². The van der Waals surface area contributed by atoms with Crippen molar-refractivity contribution in [1.82, 2.24) is 10.6 Å². The molecule has 0 radical (unpaired) electrons. The van der Waals surface area contributed by atoms with E-state index in [9.17, 15) is 9.59 Å². The minimum absolute atomic E-state index is 0.200. The van der Waals surface area contributed by atoms with Crippen LogP contribution >= 0.6 is 0 Å². The van der Waals surface area contributed by atoms with Gasteiger partial charge < -0.3 is 20.1 Å². The molecule has 0 aliphatic heterocycles. The average molecular weight is 336 g/mol. The smallest absolute Gasteiger partial charge is 0.407 e. The van der Waals surface area contributed by atoms with E-state index in [-0.39, 0.29) is 18.2 Å². The summed E-state index contributed by atoms with van der Waals surface area (Å²) in [5.41, 5.74) is 0.423.